The fourth-order valence-corrected chi connectivity index (χ4v) is 2.34. The van der Waals surface area contributed by atoms with Crippen molar-refractivity contribution in [3.05, 3.63) is 35.4 Å². The van der Waals surface area contributed by atoms with Crippen LogP contribution in [0.5, 0.6) is 0 Å². The highest BCUT2D eigenvalue weighted by atomic mass is 16.5. The van der Waals surface area contributed by atoms with Gasteiger partial charge in [-0.2, -0.15) is 0 Å². The summed E-state index contributed by atoms with van der Waals surface area (Å²) in [5.41, 5.74) is 0.710. The lowest BCUT2D eigenvalue weighted by atomic mass is 9.91. The lowest BCUT2D eigenvalue weighted by molar-refractivity contribution is -0.231. The number of hydrogen-bond donors (Lipinski definition) is 4. The van der Waals surface area contributed by atoms with Crippen molar-refractivity contribution in [2.45, 2.75) is 30.5 Å². The molecule has 1 aliphatic heterocycles. The Kier molecular flexibility index (Phi) is 4.92. The van der Waals surface area contributed by atoms with Gasteiger partial charge >= 0.3 is 5.97 Å². The highest BCUT2D eigenvalue weighted by Crippen LogP contribution is 2.32. The molecule has 4 N–H and O–H groups in total. The Morgan fingerprint density at radius 1 is 1.24 bits per heavy atom. The van der Waals surface area contributed by atoms with Crippen molar-refractivity contribution in [3.8, 4) is 0 Å². The molecule has 1 fully saturated rings. The summed E-state index contributed by atoms with van der Waals surface area (Å²) in [5, 5.41) is 38.7. The van der Waals surface area contributed by atoms with Crippen LogP contribution in [-0.4, -0.2) is 64.5 Å². The van der Waals surface area contributed by atoms with E-state index in [1.54, 1.807) is 18.2 Å². The minimum Gasteiger partial charge on any atom is -0.465 e. The first-order valence-electron chi connectivity index (χ1n) is 6.48. The van der Waals surface area contributed by atoms with Crippen LogP contribution in [0.4, 0.5) is 0 Å². The maximum absolute atomic E-state index is 11.5. The van der Waals surface area contributed by atoms with Gasteiger partial charge in [-0.15, -0.1) is 0 Å². The Balaban J connectivity index is 2.29. The number of carbonyl (C=O) groups is 1. The molecule has 1 aromatic carbocycles. The van der Waals surface area contributed by atoms with Crippen LogP contribution < -0.4 is 0 Å². The second kappa shape index (κ2) is 6.50. The zero-order valence-corrected chi connectivity index (χ0v) is 11.4. The highest BCUT2D eigenvalue weighted by Gasteiger charge is 2.43. The van der Waals surface area contributed by atoms with Crippen LogP contribution in [0.1, 0.15) is 22.0 Å². The van der Waals surface area contributed by atoms with Crippen molar-refractivity contribution in [1.82, 2.24) is 0 Å². The van der Waals surface area contributed by atoms with E-state index in [0.29, 0.717) is 5.56 Å². The third-order valence-electron chi connectivity index (χ3n) is 3.53. The third kappa shape index (κ3) is 3.07. The fraction of sp³-hybridized carbons (Fsp3) is 0.500. The maximum atomic E-state index is 11.5. The molecule has 0 radical (unpaired) electrons. The normalized spacial score (nSPS) is 32.7. The van der Waals surface area contributed by atoms with Crippen molar-refractivity contribution >= 4 is 5.97 Å². The van der Waals surface area contributed by atoms with Gasteiger partial charge in [0, 0.05) is 0 Å². The summed E-state index contributed by atoms with van der Waals surface area (Å²) in [4.78, 5) is 11.5. The molecule has 0 spiro atoms. The zero-order chi connectivity index (χ0) is 15.6. The van der Waals surface area contributed by atoms with Gasteiger partial charge in [-0.25, -0.2) is 4.79 Å². The maximum Gasteiger partial charge on any atom is 0.337 e. The SMILES string of the molecule is COC(=O)c1cccc([C@@H]2O[C@H](CO)[C@@H](O)[C@H](O)[C@H]2O)c1. The molecule has 1 aromatic rings. The number of hydrogen-bond acceptors (Lipinski definition) is 7. The topological polar surface area (TPSA) is 116 Å². The molecule has 0 aliphatic carbocycles. The van der Waals surface area contributed by atoms with Gasteiger partial charge in [-0.05, 0) is 17.7 Å². The van der Waals surface area contributed by atoms with Crippen molar-refractivity contribution in [1.29, 1.82) is 0 Å². The van der Waals surface area contributed by atoms with Crippen LogP contribution >= 0.6 is 0 Å². The minimum atomic E-state index is -1.46. The molecular weight excluding hydrogens is 280 g/mol. The van der Waals surface area contributed by atoms with Gasteiger partial charge < -0.3 is 29.9 Å². The number of esters is 1. The van der Waals surface area contributed by atoms with Gasteiger partial charge in [0.25, 0.3) is 0 Å². The van der Waals surface area contributed by atoms with E-state index in [9.17, 15) is 20.1 Å². The molecule has 0 unspecified atom stereocenters. The predicted octanol–water partition coefficient (Wildman–Crippen LogP) is -1.01. The van der Waals surface area contributed by atoms with E-state index in [-0.39, 0.29) is 5.56 Å². The van der Waals surface area contributed by atoms with Crippen molar-refractivity contribution in [3.63, 3.8) is 0 Å². The first kappa shape index (κ1) is 15.9. The van der Waals surface area contributed by atoms with E-state index in [1.807, 2.05) is 0 Å². The number of methoxy groups -OCH3 is 1. The molecule has 116 valence electrons. The Hall–Kier alpha value is -1.51. The third-order valence-corrected chi connectivity index (χ3v) is 3.53. The van der Waals surface area contributed by atoms with E-state index in [2.05, 4.69) is 4.74 Å². The summed E-state index contributed by atoms with van der Waals surface area (Å²) >= 11 is 0. The quantitative estimate of drug-likeness (QED) is 0.528. The first-order chi connectivity index (χ1) is 9.99. The van der Waals surface area contributed by atoms with E-state index in [0.717, 1.165) is 0 Å². The lowest BCUT2D eigenvalue weighted by Gasteiger charge is -2.40. The molecule has 0 aromatic heterocycles. The van der Waals surface area contributed by atoms with E-state index >= 15 is 0 Å². The Labute approximate surface area is 121 Å². The van der Waals surface area contributed by atoms with Crippen LogP contribution in [0, 0.1) is 0 Å². The zero-order valence-electron chi connectivity index (χ0n) is 11.4. The van der Waals surface area contributed by atoms with Gasteiger partial charge in [0.15, 0.2) is 0 Å². The average molecular weight is 298 g/mol. The van der Waals surface area contributed by atoms with Crippen LogP contribution in [-0.2, 0) is 9.47 Å². The Morgan fingerprint density at radius 3 is 2.57 bits per heavy atom. The van der Waals surface area contributed by atoms with Crippen molar-refractivity contribution in [2.75, 3.05) is 13.7 Å². The minimum absolute atomic E-state index is 0.270. The van der Waals surface area contributed by atoms with E-state index < -0.39 is 43.1 Å². The Morgan fingerprint density at radius 2 is 1.95 bits per heavy atom. The second-order valence-corrected chi connectivity index (χ2v) is 4.87. The molecule has 0 bridgehead atoms. The van der Waals surface area contributed by atoms with E-state index in [1.165, 1.54) is 13.2 Å². The van der Waals surface area contributed by atoms with Crippen molar-refractivity contribution in [2.24, 2.45) is 0 Å². The molecule has 1 heterocycles. The summed E-state index contributed by atoms with van der Waals surface area (Å²) in [7, 11) is 1.25. The van der Waals surface area contributed by atoms with Gasteiger partial charge in [-0.1, -0.05) is 12.1 Å². The summed E-state index contributed by atoms with van der Waals surface area (Å²) < 4.78 is 10.0. The van der Waals surface area contributed by atoms with Crippen LogP contribution in [0.3, 0.4) is 0 Å². The number of benzene rings is 1. The van der Waals surface area contributed by atoms with Gasteiger partial charge in [0.05, 0.1) is 19.3 Å². The first-order valence-corrected chi connectivity index (χ1v) is 6.48. The van der Waals surface area contributed by atoms with Crippen LogP contribution in [0.2, 0.25) is 0 Å². The molecule has 1 aliphatic rings. The molecule has 5 atom stereocenters. The summed E-state index contributed by atoms with van der Waals surface area (Å²) in [5.74, 6) is -0.540. The lowest BCUT2D eigenvalue weighted by Crippen LogP contribution is -2.55. The molecule has 21 heavy (non-hydrogen) atoms. The number of carbonyl (C=O) groups excluding carboxylic acids is 1. The number of ether oxygens (including phenoxy) is 2. The van der Waals surface area contributed by atoms with Crippen LogP contribution in [0.15, 0.2) is 24.3 Å². The second-order valence-electron chi connectivity index (χ2n) is 4.87. The van der Waals surface area contributed by atoms with Gasteiger partial charge in [0.1, 0.15) is 30.5 Å². The molecule has 0 saturated carbocycles. The molecule has 1 saturated heterocycles. The smallest absolute Gasteiger partial charge is 0.337 e. The summed E-state index contributed by atoms with van der Waals surface area (Å²) in [6.45, 7) is -0.502. The number of aliphatic hydroxyl groups excluding tert-OH is 4. The van der Waals surface area contributed by atoms with Crippen molar-refractivity contribution < 1.29 is 34.7 Å². The van der Waals surface area contributed by atoms with Gasteiger partial charge in [-0.3, -0.25) is 0 Å². The number of rotatable bonds is 3. The molecule has 0 amide bonds. The fourth-order valence-electron chi connectivity index (χ4n) is 2.34. The standard InChI is InChI=1S/C14H18O7/c1-20-14(19)8-4-2-3-7(5-8)13-12(18)11(17)10(16)9(6-15)21-13/h2-5,9-13,15-18H,6H2,1H3/t9-,10-,11+,12-,13+/m1/s1. The average Bonchev–Trinajstić information content (AvgIpc) is 2.52. The summed E-state index contributed by atoms with van der Waals surface area (Å²) in [6, 6.07) is 6.21. The van der Waals surface area contributed by atoms with Crippen LogP contribution in [0.25, 0.3) is 0 Å². The molecular formula is C14H18O7. The molecule has 7 heteroatoms. The highest BCUT2D eigenvalue weighted by molar-refractivity contribution is 5.89. The summed E-state index contributed by atoms with van der Waals surface area (Å²) in [6.07, 6.45) is -6.20. The monoisotopic (exact) mass is 298 g/mol. The Bertz CT molecular complexity index is 502. The van der Waals surface area contributed by atoms with Gasteiger partial charge in [0.2, 0.25) is 0 Å². The predicted molar refractivity (Wildman–Crippen MR) is 70.5 cm³/mol. The van der Waals surface area contributed by atoms with E-state index in [4.69, 9.17) is 9.84 Å². The molecule has 2 rings (SSSR count). The molecule has 7 nitrogen and oxygen atoms in total. The number of aliphatic hydroxyl groups is 4. The largest absolute Gasteiger partial charge is 0.465 e.